The summed E-state index contributed by atoms with van der Waals surface area (Å²) >= 11 is 0. The molecule has 10 heteroatoms. The van der Waals surface area contributed by atoms with Crippen LogP contribution >= 0.6 is 0 Å². The highest BCUT2D eigenvalue weighted by atomic mass is 32.2. The van der Waals surface area contributed by atoms with E-state index in [1.54, 1.807) is 64.1 Å². The van der Waals surface area contributed by atoms with Crippen molar-refractivity contribution in [1.29, 1.82) is 0 Å². The molecule has 34 heavy (non-hydrogen) atoms. The number of aromatic nitrogens is 1. The number of sulfonamides is 1. The zero-order valence-corrected chi connectivity index (χ0v) is 20.3. The summed E-state index contributed by atoms with van der Waals surface area (Å²) in [6.45, 7) is 7.42. The molecule has 1 atom stereocenters. The number of hydrogen-bond acceptors (Lipinski definition) is 7. The van der Waals surface area contributed by atoms with Crippen LogP contribution < -0.4 is 5.32 Å². The third-order valence-corrected chi connectivity index (χ3v) is 7.38. The number of amides is 1. The molecule has 0 radical (unpaired) electrons. The summed E-state index contributed by atoms with van der Waals surface area (Å²) in [5.74, 6) is -0.778. The van der Waals surface area contributed by atoms with E-state index in [0.717, 1.165) is 0 Å². The Kier molecular flexibility index (Phi) is 7.85. The summed E-state index contributed by atoms with van der Waals surface area (Å²) in [4.78, 5) is 26.0. The molecule has 3 rings (SSSR count). The first-order valence-electron chi connectivity index (χ1n) is 10.8. The van der Waals surface area contributed by atoms with Gasteiger partial charge in [0.2, 0.25) is 16.1 Å². The average Bonchev–Trinajstić information content (AvgIpc) is 3.22. The van der Waals surface area contributed by atoms with Crippen LogP contribution in [0.3, 0.4) is 0 Å². The topological polar surface area (TPSA) is 119 Å². The molecule has 0 aliphatic rings. The van der Waals surface area contributed by atoms with E-state index in [-0.39, 0.29) is 16.3 Å². The Morgan fingerprint density at radius 3 is 2.32 bits per heavy atom. The maximum atomic E-state index is 13.0. The van der Waals surface area contributed by atoms with E-state index in [9.17, 15) is 18.0 Å². The molecule has 1 N–H and O–H groups in total. The zero-order valence-electron chi connectivity index (χ0n) is 19.4. The second kappa shape index (κ2) is 10.6. The van der Waals surface area contributed by atoms with Crippen LogP contribution in [0.2, 0.25) is 0 Å². The normalized spacial score (nSPS) is 12.4. The molecule has 1 heterocycles. The summed E-state index contributed by atoms with van der Waals surface area (Å²) in [6, 6.07) is 14.3. The van der Waals surface area contributed by atoms with Crippen molar-refractivity contribution in [3.05, 3.63) is 77.0 Å². The lowest BCUT2D eigenvalue weighted by molar-refractivity contribution is -0.125. The number of rotatable bonds is 9. The SMILES string of the molecule is CCN(CC)S(=O)(=O)c1cc(C(=O)O[C@@H](C(=O)Nc2cc(C)on2)c2ccccc2)ccc1C. The van der Waals surface area contributed by atoms with Gasteiger partial charge in [0.25, 0.3) is 5.91 Å². The second-order valence-corrected chi connectivity index (χ2v) is 9.48. The van der Waals surface area contributed by atoms with Crippen molar-refractivity contribution < 1.29 is 27.3 Å². The van der Waals surface area contributed by atoms with E-state index in [4.69, 9.17) is 9.26 Å². The van der Waals surface area contributed by atoms with Gasteiger partial charge in [-0.25, -0.2) is 13.2 Å². The number of anilines is 1. The van der Waals surface area contributed by atoms with Crippen LogP contribution in [0.1, 0.15) is 47.2 Å². The highest BCUT2D eigenvalue weighted by molar-refractivity contribution is 7.89. The largest absolute Gasteiger partial charge is 0.444 e. The van der Waals surface area contributed by atoms with Gasteiger partial charge in [0.05, 0.1) is 10.5 Å². The Morgan fingerprint density at radius 2 is 1.74 bits per heavy atom. The minimum absolute atomic E-state index is 0.0161. The van der Waals surface area contributed by atoms with Gasteiger partial charge >= 0.3 is 5.97 Å². The fourth-order valence-electron chi connectivity index (χ4n) is 3.40. The first-order valence-corrected chi connectivity index (χ1v) is 12.2. The fraction of sp³-hybridized carbons (Fsp3) is 0.292. The Labute approximate surface area is 198 Å². The minimum Gasteiger partial charge on any atom is -0.444 e. The van der Waals surface area contributed by atoms with Crippen molar-refractivity contribution in [1.82, 2.24) is 9.46 Å². The maximum absolute atomic E-state index is 13.0. The third kappa shape index (κ3) is 5.52. The molecule has 0 spiro atoms. The highest BCUT2D eigenvalue weighted by Gasteiger charge is 2.29. The van der Waals surface area contributed by atoms with Gasteiger partial charge < -0.3 is 14.6 Å². The van der Waals surface area contributed by atoms with Crippen LogP contribution in [0.15, 0.2) is 64.0 Å². The number of nitrogens with one attached hydrogen (secondary N) is 1. The van der Waals surface area contributed by atoms with E-state index in [1.807, 2.05) is 0 Å². The Morgan fingerprint density at radius 1 is 1.06 bits per heavy atom. The summed E-state index contributed by atoms with van der Waals surface area (Å²) < 4.78 is 37.9. The first-order chi connectivity index (χ1) is 16.2. The van der Waals surface area contributed by atoms with Crippen molar-refractivity contribution in [2.24, 2.45) is 0 Å². The number of benzene rings is 2. The molecule has 0 aliphatic heterocycles. The van der Waals surface area contributed by atoms with Gasteiger partial charge in [-0.3, -0.25) is 4.79 Å². The Bertz CT molecular complexity index is 1270. The van der Waals surface area contributed by atoms with Crippen LogP contribution in [-0.2, 0) is 19.6 Å². The molecule has 0 unspecified atom stereocenters. The van der Waals surface area contributed by atoms with Crippen LogP contribution in [0.5, 0.6) is 0 Å². The lowest BCUT2D eigenvalue weighted by atomic mass is 10.1. The van der Waals surface area contributed by atoms with Crippen LogP contribution in [0.4, 0.5) is 5.82 Å². The summed E-state index contributed by atoms with van der Waals surface area (Å²) in [6.07, 6.45) is -1.30. The molecule has 2 aromatic carbocycles. The molecular formula is C24H27N3O6S. The number of nitrogens with zero attached hydrogens (tertiary/aromatic N) is 2. The average molecular weight is 486 g/mol. The smallest absolute Gasteiger partial charge is 0.339 e. The minimum atomic E-state index is -3.80. The van der Waals surface area contributed by atoms with Crippen LogP contribution in [0, 0.1) is 13.8 Å². The first kappa shape index (κ1) is 25.1. The van der Waals surface area contributed by atoms with E-state index in [2.05, 4.69) is 10.5 Å². The number of esters is 1. The fourth-order valence-corrected chi connectivity index (χ4v) is 5.11. The highest BCUT2D eigenvalue weighted by Crippen LogP contribution is 2.25. The van der Waals surface area contributed by atoms with Gasteiger partial charge in [-0.1, -0.05) is 55.4 Å². The quantitative estimate of drug-likeness (QED) is 0.457. The van der Waals surface area contributed by atoms with Gasteiger partial charge in [-0.2, -0.15) is 4.31 Å². The van der Waals surface area contributed by atoms with E-state index < -0.39 is 28.0 Å². The predicted molar refractivity (Wildman–Crippen MR) is 126 cm³/mol. The lowest BCUT2D eigenvalue weighted by Gasteiger charge is -2.21. The van der Waals surface area contributed by atoms with Crippen molar-refractivity contribution in [2.45, 2.75) is 38.7 Å². The van der Waals surface area contributed by atoms with Crippen molar-refractivity contribution >= 4 is 27.7 Å². The standard InChI is InChI=1S/C24H27N3O6S/c1-5-27(6-2)34(30,31)20-15-19(13-12-16(20)3)24(29)32-22(18-10-8-7-9-11-18)23(28)25-21-14-17(4)33-26-21/h7-15,22H,5-6H2,1-4H3,(H,25,26,28)/t22-/m1/s1. The Balaban J connectivity index is 1.92. The molecule has 0 bridgehead atoms. The van der Waals surface area contributed by atoms with Gasteiger partial charge in [0, 0.05) is 24.7 Å². The van der Waals surface area contributed by atoms with Crippen LogP contribution in [0.25, 0.3) is 0 Å². The van der Waals surface area contributed by atoms with Gasteiger partial charge in [0.15, 0.2) is 5.82 Å². The number of hydrogen-bond donors (Lipinski definition) is 1. The monoisotopic (exact) mass is 485 g/mol. The molecule has 0 saturated heterocycles. The zero-order chi connectivity index (χ0) is 24.9. The van der Waals surface area contributed by atoms with E-state index in [0.29, 0.717) is 30.0 Å². The van der Waals surface area contributed by atoms with Crippen molar-refractivity contribution in [3.63, 3.8) is 0 Å². The predicted octanol–water partition coefficient (Wildman–Crippen LogP) is 3.86. The van der Waals surface area contributed by atoms with Gasteiger partial charge in [-0.15, -0.1) is 0 Å². The van der Waals surface area contributed by atoms with Gasteiger partial charge in [-0.05, 0) is 31.5 Å². The summed E-state index contributed by atoms with van der Waals surface area (Å²) in [5, 5.41) is 6.30. The molecule has 180 valence electrons. The number of aryl methyl sites for hydroxylation is 2. The van der Waals surface area contributed by atoms with E-state index in [1.165, 1.54) is 22.5 Å². The number of carbonyl (C=O) groups excluding carboxylic acids is 2. The number of carbonyl (C=O) groups is 2. The van der Waals surface area contributed by atoms with E-state index >= 15 is 0 Å². The molecule has 0 fully saturated rings. The molecule has 0 aliphatic carbocycles. The molecule has 1 amide bonds. The summed E-state index contributed by atoms with van der Waals surface area (Å²) in [5.41, 5.74) is 0.959. The molecule has 3 aromatic rings. The molecule has 9 nitrogen and oxygen atoms in total. The van der Waals surface area contributed by atoms with Crippen LogP contribution in [-0.4, -0.2) is 42.8 Å². The van der Waals surface area contributed by atoms with Gasteiger partial charge in [0.1, 0.15) is 5.76 Å². The third-order valence-electron chi connectivity index (χ3n) is 5.19. The van der Waals surface area contributed by atoms with Crippen molar-refractivity contribution in [3.8, 4) is 0 Å². The van der Waals surface area contributed by atoms with Crippen molar-refractivity contribution in [2.75, 3.05) is 18.4 Å². The molecule has 1 aromatic heterocycles. The maximum Gasteiger partial charge on any atom is 0.339 e. The number of ether oxygens (including phenoxy) is 1. The molecular weight excluding hydrogens is 458 g/mol. The molecule has 0 saturated carbocycles. The second-order valence-electron chi connectivity index (χ2n) is 7.58. The summed E-state index contributed by atoms with van der Waals surface area (Å²) in [7, 11) is -3.80. The lowest BCUT2D eigenvalue weighted by Crippen LogP contribution is -2.31. The Hall–Kier alpha value is -3.50.